The maximum absolute atomic E-state index is 12.2. The minimum absolute atomic E-state index is 0.173. The molecule has 0 saturated heterocycles. The van der Waals surface area contributed by atoms with Crippen molar-refractivity contribution in [3.05, 3.63) is 76.3 Å². The number of hydrazine groups is 1. The fraction of sp³-hybridized carbons (Fsp3) is 0.143. The van der Waals surface area contributed by atoms with E-state index in [-0.39, 0.29) is 18.9 Å². The van der Waals surface area contributed by atoms with Crippen molar-refractivity contribution < 1.29 is 14.3 Å². The fourth-order valence-electron chi connectivity index (χ4n) is 2.71. The molecule has 0 fully saturated rings. The van der Waals surface area contributed by atoms with Crippen LogP contribution in [0.1, 0.15) is 11.1 Å². The van der Waals surface area contributed by atoms with E-state index < -0.39 is 5.91 Å². The normalized spacial score (nSPS) is 10.4. The van der Waals surface area contributed by atoms with Crippen molar-refractivity contribution in [1.29, 1.82) is 0 Å². The van der Waals surface area contributed by atoms with Gasteiger partial charge in [0.2, 0.25) is 5.91 Å². The second-order valence-corrected chi connectivity index (χ2v) is 6.99. The molecular formula is C21H19BrN2O3. The fourth-order valence-corrected chi connectivity index (χ4v) is 3.31. The number of benzene rings is 3. The minimum Gasteiger partial charge on any atom is -0.483 e. The molecule has 0 aliphatic rings. The van der Waals surface area contributed by atoms with E-state index in [1.165, 1.54) is 0 Å². The van der Waals surface area contributed by atoms with E-state index >= 15 is 0 Å². The quantitative estimate of drug-likeness (QED) is 0.611. The van der Waals surface area contributed by atoms with E-state index in [0.717, 1.165) is 26.4 Å². The van der Waals surface area contributed by atoms with Crippen LogP contribution < -0.4 is 15.6 Å². The Kier molecular flexibility index (Phi) is 6.08. The number of carbonyl (C=O) groups excluding carboxylic acids is 2. The van der Waals surface area contributed by atoms with Crippen LogP contribution in [0.5, 0.6) is 5.75 Å². The van der Waals surface area contributed by atoms with Gasteiger partial charge in [-0.3, -0.25) is 20.4 Å². The van der Waals surface area contributed by atoms with Gasteiger partial charge >= 0.3 is 0 Å². The summed E-state index contributed by atoms with van der Waals surface area (Å²) < 4.78 is 6.23. The Bertz CT molecular complexity index is 983. The van der Waals surface area contributed by atoms with E-state index in [9.17, 15) is 9.59 Å². The highest BCUT2D eigenvalue weighted by atomic mass is 79.9. The first-order valence-electron chi connectivity index (χ1n) is 8.46. The number of hydrogen-bond donors (Lipinski definition) is 2. The van der Waals surface area contributed by atoms with E-state index in [0.29, 0.717) is 5.75 Å². The monoisotopic (exact) mass is 426 g/mol. The molecule has 0 saturated carbocycles. The van der Waals surface area contributed by atoms with Crippen molar-refractivity contribution in [1.82, 2.24) is 10.9 Å². The maximum atomic E-state index is 12.2. The molecule has 2 N–H and O–H groups in total. The zero-order valence-electron chi connectivity index (χ0n) is 14.8. The Morgan fingerprint density at radius 2 is 1.70 bits per heavy atom. The summed E-state index contributed by atoms with van der Waals surface area (Å²) in [5, 5.41) is 2.10. The van der Waals surface area contributed by atoms with Crippen molar-refractivity contribution in [3.8, 4) is 5.75 Å². The van der Waals surface area contributed by atoms with Crippen molar-refractivity contribution in [2.45, 2.75) is 13.3 Å². The first-order valence-corrected chi connectivity index (χ1v) is 9.25. The highest BCUT2D eigenvalue weighted by molar-refractivity contribution is 9.10. The lowest BCUT2D eigenvalue weighted by atomic mass is 10.0. The van der Waals surface area contributed by atoms with Gasteiger partial charge in [0.25, 0.3) is 5.91 Å². The van der Waals surface area contributed by atoms with Crippen LogP contribution in [0.25, 0.3) is 10.8 Å². The summed E-state index contributed by atoms with van der Waals surface area (Å²) >= 11 is 3.39. The van der Waals surface area contributed by atoms with Gasteiger partial charge in [-0.2, -0.15) is 0 Å². The zero-order chi connectivity index (χ0) is 19.2. The Hall–Kier alpha value is -2.86. The van der Waals surface area contributed by atoms with Crippen LogP contribution in [0.3, 0.4) is 0 Å². The number of hydrogen-bond acceptors (Lipinski definition) is 3. The molecule has 2 amide bonds. The van der Waals surface area contributed by atoms with Crippen LogP contribution in [0.2, 0.25) is 0 Å². The number of nitrogens with one attached hydrogen (secondary N) is 2. The largest absolute Gasteiger partial charge is 0.483 e. The molecule has 0 aromatic heterocycles. The third-order valence-electron chi connectivity index (χ3n) is 4.02. The molecule has 0 heterocycles. The lowest BCUT2D eigenvalue weighted by molar-refractivity contribution is -0.129. The highest BCUT2D eigenvalue weighted by Gasteiger charge is 2.09. The van der Waals surface area contributed by atoms with Gasteiger partial charge in [-0.1, -0.05) is 48.5 Å². The van der Waals surface area contributed by atoms with Gasteiger partial charge in [0, 0.05) is 0 Å². The second kappa shape index (κ2) is 8.68. The molecule has 5 nitrogen and oxygen atoms in total. The number of aryl methyl sites for hydroxylation is 1. The molecule has 0 aliphatic heterocycles. The average Bonchev–Trinajstić information content (AvgIpc) is 2.66. The van der Waals surface area contributed by atoms with Gasteiger partial charge in [0.15, 0.2) is 6.61 Å². The van der Waals surface area contributed by atoms with Crippen LogP contribution in [-0.2, 0) is 16.0 Å². The number of carbonyl (C=O) groups is 2. The average molecular weight is 427 g/mol. The topological polar surface area (TPSA) is 67.4 Å². The minimum atomic E-state index is -0.436. The first kappa shape index (κ1) is 18.9. The van der Waals surface area contributed by atoms with E-state index in [4.69, 9.17) is 4.74 Å². The summed E-state index contributed by atoms with van der Waals surface area (Å²) in [4.78, 5) is 24.1. The summed E-state index contributed by atoms with van der Waals surface area (Å²) in [6.07, 6.45) is 0.173. The van der Waals surface area contributed by atoms with Crippen molar-refractivity contribution in [2.75, 3.05) is 6.61 Å². The standard InChI is InChI=1S/C21H19BrN2O3/c1-14-9-10-19(18(22)11-14)27-13-21(26)24-23-20(25)12-16-7-4-6-15-5-2-3-8-17(15)16/h2-11H,12-13H2,1H3,(H,23,25)(H,24,26). The maximum Gasteiger partial charge on any atom is 0.276 e. The van der Waals surface area contributed by atoms with Crippen LogP contribution in [0.15, 0.2) is 65.1 Å². The number of amides is 2. The summed E-state index contributed by atoms with van der Waals surface area (Å²) in [6.45, 7) is 1.77. The number of ether oxygens (including phenoxy) is 1. The van der Waals surface area contributed by atoms with E-state index in [1.54, 1.807) is 6.07 Å². The van der Waals surface area contributed by atoms with Crippen molar-refractivity contribution in [3.63, 3.8) is 0 Å². The van der Waals surface area contributed by atoms with Crippen LogP contribution in [-0.4, -0.2) is 18.4 Å². The lowest BCUT2D eigenvalue weighted by Crippen LogP contribution is -2.44. The van der Waals surface area contributed by atoms with Crippen LogP contribution in [0, 0.1) is 6.92 Å². The summed E-state index contributed by atoms with van der Waals surface area (Å²) in [5.74, 6) is -0.164. The predicted molar refractivity (Wildman–Crippen MR) is 108 cm³/mol. The Morgan fingerprint density at radius 3 is 2.52 bits per heavy atom. The molecule has 6 heteroatoms. The number of fused-ring (bicyclic) bond motifs is 1. The first-order chi connectivity index (χ1) is 13.0. The van der Waals surface area contributed by atoms with E-state index in [2.05, 4.69) is 26.8 Å². The van der Waals surface area contributed by atoms with Gasteiger partial charge in [-0.15, -0.1) is 0 Å². The molecule has 3 aromatic carbocycles. The van der Waals surface area contributed by atoms with Crippen LogP contribution >= 0.6 is 15.9 Å². The summed E-state index contributed by atoms with van der Waals surface area (Å²) in [5.41, 5.74) is 6.78. The van der Waals surface area contributed by atoms with E-state index in [1.807, 2.05) is 61.5 Å². The Labute approximate surface area is 165 Å². The molecule has 0 atom stereocenters. The number of halogens is 1. The molecule has 27 heavy (non-hydrogen) atoms. The van der Waals surface area contributed by atoms with Gasteiger partial charge in [-0.25, -0.2) is 0 Å². The third-order valence-corrected chi connectivity index (χ3v) is 4.64. The second-order valence-electron chi connectivity index (χ2n) is 6.13. The van der Waals surface area contributed by atoms with Gasteiger partial charge in [0.05, 0.1) is 10.9 Å². The summed E-state index contributed by atoms with van der Waals surface area (Å²) in [7, 11) is 0. The van der Waals surface area contributed by atoms with Gasteiger partial charge in [-0.05, 0) is 56.9 Å². The SMILES string of the molecule is Cc1ccc(OCC(=O)NNC(=O)Cc2cccc3ccccc23)c(Br)c1. The molecule has 0 aliphatic carbocycles. The Morgan fingerprint density at radius 1 is 0.963 bits per heavy atom. The molecule has 3 aromatic rings. The molecule has 138 valence electrons. The zero-order valence-corrected chi connectivity index (χ0v) is 16.4. The molecule has 0 radical (unpaired) electrons. The van der Waals surface area contributed by atoms with Crippen LogP contribution in [0.4, 0.5) is 0 Å². The Balaban J connectivity index is 1.50. The third kappa shape index (κ3) is 5.08. The lowest BCUT2D eigenvalue weighted by Gasteiger charge is -2.11. The highest BCUT2D eigenvalue weighted by Crippen LogP contribution is 2.25. The van der Waals surface area contributed by atoms with Crippen molar-refractivity contribution >= 4 is 38.5 Å². The van der Waals surface area contributed by atoms with Gasteiger partial charge < -0.3 is 4.74 Å². The molecule has 0 bridgehead atoms. The van der Waals surface area contributed by atoms with Crippen molar-refractivity contribution in [2.24, 2.45) is 0 Å². The molecular weight excluding hydrogens is 408 g/mol. The summed E-state index contributed by atoms with van der Waals surface area (Å²) in [6, 6.07) is 19.3. The smallest absolute Gasteiger partial charge is 0.276 e. The number of rotatable bonds is 5. The van der Waals surface area contributed by atoms with Gasteiger partial charge in [0.1, 0.15) is 5.75 Å². The molecule has 3 rings (SSSR count). The molecule has 0 unspecified atom stereocenters. The predicted octanol–water partition coefficient (Wildman–Crippen LogP) is 3.68. The molecule has 0 spiro atoms.